The van der Waals surface area contributed by atoms with E-state index < -0.39 is 6.10 Å². The zero-order chi connectivity index (χ0) is 14.1. The van der Waals surface area contributed by atoms with E-state index in [1.54, 1.807) is 7.11 Å². The lowest BCUT2D eigenvalue weighted by Gasteiger charge is -2.13. The number of hydrogen-bond donors (Lipinski definition) is 0. The minimum atomic E-state index is -0.459. The van der Waals surface area contributed by atoms with Crippen LogP contribution < -0.4 is 9.47 Å². The lowest BCUT2D eigenvalue weighted by atomic mass is 10.0. The van der Waals surface area contributed by atoms with Gasteiger partial charge in [-0.15, -0.1) is 0 Å². The largest absolute Gasteiger partial charge is 0.496 e. The Balaban J connectivity index is 1.90. The summed E-state index contributed by atoms with van der Waals surface area (Å²) in [5.41, 5.74) is 1.66. The zero-order valence-electron chi connectivity index (χ0n) is 10.9. The molecule has 0 aromatic heterocycles. The Kier molecular flexibility index (Phi) is 3.65. The topological polar surface area (TPSA) is 35.5 Å². The molecule has 1 aliphatic heterocycles. The number of benzene rings is 2. The van der Waals surface area contributed by atoms with Crippen molar-refractivity contribution >= 4 is 28.4 Å². The number of Topliss-reactive ketones (excluding diaryl/α,β-unsaturated/α-hetero) is 1. The minimum Gasteiger partial charge on any atom is -0.496 e. The van der Waals surface area contributed by atoms with Gasteiger partial charge in [0.25, 0.3) is 0 Å². The molecule has 20 heavy (non-hydrogen) atoms. The number of carbonyl (C=O) groups is 1. The van der Waals surface area contributed by atoms with E-state index in [2.05, 4.69) is 22.6 Å². The van der Waals surface area contributed by atoms with Gasteiger partial charge in [-0.3, -0.25) is 4.79 Å². The van der Waals surface area contributed by atoms with Crippen LogP contribution in [0.5, 0.6) is 11.5 Å². The van der Waals surface area contributed by atoms with Gasteiger partial charge in [-0.05, 0) is 52.4 Å². The van der Waals surface area contributed by atoms with Crippen molar-refractivity contribution in [1.29, 1.82) is 0 Å². The van der Waals surface area contributed by atoms with E-state index in [1.807, 2.05) is 42.5 Å². The highest BCUT2D eigenvalue weighted by Gasteiger charge is 2.31. The number of methoxy groups -OCH3 is 1. The van der Waals surface area contributed by atoms with Gasteiger partial charge in [0.15, 0.2) is 6.10 Å². The Bertz CT molecular complexity index is 642. The maximum Gasteiger partial charge on any atom is 0.207 e. The van der Waals surface area contributed by atoms with Gasteiger partial charge in [0.2, 0.25) is 5.78 Å². The second kappa shape index (κ2) is 5.44. The van der Waals surface area contributed by atoms with Crippen LogP contribution in [0.2, 0.25) is 0 Å². The van der Waals surface area contributed by atoms with E-state index in [0.717, 1.165) is 14.9 Å². The first kappa shape index (κ1) is 13.4. The summed E-state index contributed by atoms with van der Waals surface area (Å²) in [6, 6.07) is 13.3. The Morgan fingerprint density at radius 3 is 2.85 bits per heavy atom. The van der Waals surface area contributed by atoms with E-state index in [9.17, 15) is 4.79 Å². The predicted octanol–water partition coefficient (Wildman–Crippen LogP) is 3.49. The molecule has 1 atom stereocenters. The highest BCUT2D eigenvalue weighted by Crippen LogP contribution is 2.31. The van der Waals surface area contributed by atoms with Gasteiger partial charge >= 0.3 is 0 Å². The first-order valence-corrected chi connectivity index (χ1v) is 7.39. The molecule has 2 aromatic rings. The number of rotatable bonds is 3. The van der Waals surface area contributed by atoms with Crippen molar-refractivity contribution in [1.82, 2.24) is 0 Å². The second-order valence-electron chi connectivity index (χ2n) is 4.63. The van der Waals surface area contributed by atoms with Crippen LogP contribution in [0.4, 0.5) is 0 Å². The van der Waals surface area contributed by atoms with Crippen LogP contribution in [0.3, 0.4) is 0 Å². The molecule has 3 nitrogen and oxygen atoms in total. The smallest absolute Gasteiger partial charge is 0.207 e. The fourth-order valence-electron chi connectivity index (χ4n) is 2.37. The van der Waals surface area contributed by atoms with Gasteiger partial charge in [0.05, 0.1) is 12.7 Å². The summed E-state index contributed by atoms with van der Waals surface area (Å²) >= 11 is 2.19. The summed E-state index contributed by atoms with van der Waals surface area (Å²) in [6.45, 7) is 0. The van der Waals surface area contributed by atoms with Crippen molar-refractivity contribution in [3.63, 3.8) is 0 Å². The molecule has 0 spiro atoms. The highest BCUT2D eigenvalue weighted by atomic mass is 127. The van der Waals surface area contributed by atoms with Crippen molar-refractivity contribution in [2.45, 2.75) is 12.5 Å². The molecule has 0 fully saturated rings. The van der Waals surface area contributed by atoms with E-state index in [4.69, 9.17) is 9.47 Å². The van der Waals surface area contributed by atoms with Crippen molar-refractivity contribution in [2.75, 3.05) is 7.11 Å². The standard InChI is InChI=1S/C16H13IO3/c1-19-14-7-6-11(17)9-12(14)16(18)15-8-10-4-2-3-5-13(10)20-15/h2-7,9,15H,8H2,1H3. The maximum atomic E-state index is 12.6. The molecule has 1 unspecified atom stereocenters. The fourth-order valence-corrected chi connectivity index (χ4v) is 2.87. The normalized spacial score (nSPS) is 16.4. The number of hydrogen-bond acceptors (Lipinski definition) is 3. The molecule has 4 heteroatoms. The molecule has 1 aliphatic rings. The number of carbonyl (C=O) groups excluding carboxylic acids is 1. The molecule has 2 aromatic carbocycles. The van der Waals surface area contributed by atoms with Crippen LogP contribution in [-0.2, 0) is 6.42 Å². The van der Waals surface area contributed by atoms with Crippen molar-refractivity contribution < 1.29 is 14.3 Å². The molecule has 0 aliphatic carbocycles. The summed E-state index contributed by atoms with van der Waals surface area (Å²) in [5, 5.41) is 0. The molecule has 0 saturated heterocycles. The molecule has 102 valence electrons. The van der Waals surface area contributed by atoms with Crippen molar-refractivity contribution in [3.05, 3.63) is 57.2 Å². The fraction of sp³-hybridized carbons (Fsp3) is 0.188. The van der Waals surface area contributed by atoms with E-state index in [1.165, 1.54) is 0 Å². The van der Waals surface area contributed by atoms with E-state index in [-0.39, 0.29) is 5.78 Å². The molecule has 3 rings (SSSR count). The van der Waals surface area contributed by atoms with Gasteiger partial charge < -0.3 is 9.47 Å². The van der Waals surface area contributed by atoms with Gasteiger partial charge in [0, 0.05) is 9.99 Å². The Labute approximate surface area is 131 Å². The zero-order valence-corrected chi connectivity index (χ0v) is 13.1. The quantitative estimate of drug-likeness (QED) is 0.604. The molecule has 0 N–H and O–H groups in total. The van der Waals surface area contributed by atoms with Crippen LogP contribution in [-0.4, -0.2) is 19.0 Å². The molecule has 0 bridgehead atoms. The lowest BCUT2D eigenvalue weighted by Crippen LogP contribution is -2.25. The SMILES string of the molecule is COc1ccc(I)cc1C(=O)C1Cc2ccccc2O1. The van der Waals surface area contributed by atoms with Gasteiger partial charge in [0.1, 0.15) is 11.5 Å². The van der Waals surface area contributed by atoms with Crippen LogP contribution in [0.25, 0.3) is 0 Å². The summed E-state index contributed by atoms with van der Waals surface area (Å²) < 4.78 is 12.0. The molecule has 0 saturated carbocycles. The summed E-state index contributed by atoms with van der Waals surface area (Å²) in [4.78, 5) is 12.6. The third kappa shape index (κ3) is 2.40. The Morgan fingerprint density at radius 2 is 2.10 bits per heavy atom. The van der Waals surface area contributed by atoms with Crippen LogP contribution >= 0.6 is 22.6 Å². The Hall–Kier alpha value is -1.56. The maximum absolute atomic E-state index is 12.6. The summed E-state index contributed by atoms with van der Waals surface area (Å²) in [5.74, 6) is 1.36. The molecule has 1 heterocycles. The van der Waals surface area contributed by atoms with Gasteiger partial charge in [-0.2, -0.15) is 0 Å². The van der Waals surface area contributed by atoms with E-state index in [0.29, 0.717) is 17.7 Å². The molecular weight excluding hydrogens is 367 g/mol. The minimum absolute atomic E-state index is 0.0310. The van der Waals surface area contributed by atoms with E-state index >= 15 is 0 Å². The first-order valence-electron chi connectivity index (χ1n) is 6.31. The van der Waals surface area contributed by atoms with Crippen molar-refractivity contribution in [3.8, 4) is 11.5 Å². The van der Waals surface area contributed by atoms with Gasteiger partial charge in [-0.1, -0.05) is 18.2 Å². The number of ketones is 1. The predicted molar refractivity (Wildman–Crippen MR) is 84.6 cm³/mol. The van der Waals surface area contributed by atoms with Crippen LogP contribution in [0.1, 0.15) is 15.9 Å². The number of fused-ring (bicyclic) bond motifs is 1. The number of ether oxygens (including phenoxy) is 2. The Morgan fingerprint density at radius 1 is 1.30 bits per heavy atom. The number of halogens is 1. The van der Waals surface area contributed by atoms with Crippen LogP contribution in [0, 0.1) is 3.57 Å². The summed E-state index contributed by atoms with van der Waals surface area (Å²) in [6.07, 6.45) is 0.156. The average molecular weight is 380 g/mol. The third-order valence-electron chi connectivity index (χ3n) is 3.37. The van der Waals surface area contributed by atoms with Crippen molar-refractivity contribution in [2.24, 2.45) is 0 Å². The first-order chi connectivity index (χ1) is 9.69. The van der Waals surface area contributed by atoms with Gasteiger partial charge in [-0.25, -0.2) is 0 Å². The second-order valence-corrected chi connectivity index (χ2v) is 5.87. The number of para-hydroxylation sites is 1. The monoisotopic (exact) mass is 380 g/mol. The van der Waals surface area contributed by atoms with Crippen LogP contribution in [0.15, 0.2) is 42.5 Å². The average Bonchev–Trinajstić information content (AvgIpc) is 2.90. The summed E-state index contributed by atoms with van der Waals surface area (Å²) in [7, 11) is 1.57. The molecule has 0 radical (unpaired) electrons. The lowest BCUT2D eigenvalue weighted by molar-refractivity contribution is 0.0821. The molecule has 0 amide bonds. The third-order valence-corrected chi connectivity index (χ3v) is 4.04. The highest BCUT2D eigenvalue weighted by molar-refractivity contribution is 14.1. The molecular formula is C16H13IO3.